The Morgan fingerprint density at radius 1 is 1.05 bits per heavy atom. The van der Waals surface area contributed by atoms with E-state index in [0.717, 1.165) is 38.8 Å². The second-order valence-corrected chi connectivity index (χ2v) is 6.60. The summed E-state index contributed by atoms with van der Waals surface area (Å²) in [5, 5.41) is 3.10. The van der Waals surface area contributed by atoms with Crippen molar-refractivity contribution >= 4 is 23.2 Å². The van der Waals surface area contributed by atoms with E-state index in [9.17, 15) is 4.79 Å². The van der Waals surface area contributed by atoms with Crippen LogP contribution in [0, 0.1) is 5.92 Å². The maximum Gasteiger partial charge on any atom is 0.317 e. The SMILES string of the molecule is NC(=S)C(NC(=O)N1CCCCCC1)C1CCCCC1. The molecule has 1 aliphatic heterocycles. The number of hydrogen-bond acceptors (Lipinski definition) is 2. The minimum atomic E-state index is -0.124. The molecule has 0 aromatic rings. The lowest BCUT2D eigenvalue weighted by Gasteiger charge is -2.32. The van der Waals surface area contributed by atoms with Gasteiger partial charge in [0.25, 0.3) is 0 Å². The normalized spacial score (nSPS) is 22.9. The molecule has 0 aromatic heterocycles. The van der Waals surface area contributed by atoms with Gasteiger partial charge in [0.1, 0.15) is 0 Å². The van der Waals surface area contributed by atoms with Crippen LogP contribution in [0.15, 0.2) is 0 Å². The molecule has 2 amide bonds. The maximum absolute atomic E-state index is 12.4. The first kappa shape index (κ1) is 15.5. The van der Waals surface area contributed by atoms with Crippen LogP contribution in [-0.2, 0) is 0 Å². The lowest BCUT2D eigenvalue weighted by atomic mass is 9.84. The second-order valence-electron chi connectivity index (χ2n) is 6.13. The fourth-order valence-corrected chi connectivity index (χ4v) is 3.64. The highest BCUT2D eigenvalue weighted by Crippen LogP contribution is 2.27. The molecule has 1 atom stereocenters. The highest BCUT2D eigenvalue weighted by atomic mass is 32.1. The first-order valence-corrected chi connectivity index (χ1v) is 8.44. The molecule has 3 N–H and O–H groups in total. The molecular formula is C15H27N3OS. The first-order valence-electron chi connectivity index (χ1n) is 8.03. The number of thiocarbonyl (C=S) groups is 1. The lowest BCUT2D eigenvalue weighted by Crippen LogP contribution is -2.53. The van der Waals surface area contributed by atoms with Gasteiger partial charge in [0.05, 0.1) is 11.0 Å². The van der Waals surface area contributed by atoms with Crippen molar-refractivity contribution < 1.29 is 4.79 Å². The van der Waals surface area contributed by atoms with E-state index in [1.165, 1.54) is 32.1 Å². The van der Waals surface area contributed by atoms with Gasteiger partial charge >= 0.3 is 6.03 Å². The third-order valence-corrected chi connectivity index (χ3v) is 4.85. The van der Waals surface area contributed by atoms with E-state index < -0.39 is 0 Å². The Morgan fingerprint density at radius 3 is 2.15 bits per heavy atom. The van der Waals surface area contributed by atoms with E-state index in [4.69, 9.17) is 18.0 Å². The number of hydrogen-bond donors (Lipinski definition) is 2. The summed E-state index contributed by atoms with van der Waals surface area (Å²) in [5.41, 5.74) is 5.87. The standard InChI is InChI=1S/C15H27N3OS/c16-14(20)13(12-8-4-3-5-9-12)17-15(19)18-10-6-1-2-7-11-18/h12-13H,1-11H2,(H2,16,20)(H,17,19). The van der Waals surface area contributed by atoms with Crippen LogP contribution in [0.5, 0.6) is 0 Å². The van der Waals surface area contributed by atoms with Gasteiger partial charge in [-0.2, -0.15) is 0 Å². The summed E-state index contributed by atoms with van der Waals surface area (Å²) in [6.07, 6.45) is 10.7. The summed E-state index contributed by atoms with van der Waals surface area (Å²) in [6.45, 7) is 1.72. The molecule has 2 aliphatic rings. The van der Waals surface area contributed by atoms with Crippen LogP contribution in [0.25, 0.3) is 0 Å². The molecule has 2 rings (SSSR count). The third kappa shape index (κ3) is 4.33. The zero-order valence-electron chi connectivity index (χ0n) is 12.3. The van der Waals surface area contributed by atoms with Gasteiger partial charge in [0, 0.05) is 13.1 Å². The zero-order chi connectivity index (χ0) is 14.4. The number of nitrogens with zero attached hydrogens (tertiary/aromatic N) is 1. The van der Waals surface area contributed by atoms with Gasteiger partial charge in [-0.05, 0) is 31.6 Å². The van der Waals surface area contributed by atoms with Crippen LogP contribution in [0.4, 0.5) is 4.79 Å². The molecule has 0 bridgehead atoms. The Labute approximate surface area is 127 Å². The molecule has 0 spiro atoms. The Hall–Kier alpha value is -0.840. The average Bonchev–Trinajstić information content (AvgIpc) is 2.74. The number of nitrogens with two attached hydrogens (primary N) is 1. The van der Waals surface area contributed by atoms with Gasteiger partial charge in [-0.25, -0.2) is 4.79 Å². The number of carbonyl (C=O) groups excluding carboxylic acids is 1. The summed E-state index contributed by atoms with van der Waals surface area (Å²) in [6, 6.07) is -0.101. The van der Waals surface area contributed by atoms with E-state index in [0.29, 0.717) is 10.9 Å². The van der Waals surface area contributed by atoms with Crippen LogP contribution in [0.2, 0.25) is 0 Å². The minimum absolute atomic E-state index is 0.0234. The van der Waals surface area contributed by atoms with Crippen molar-refractivity contribution in [1.29, 1.82) is 0 Å². The summed E-state index contributed by atoms with van der Waals surface area (Å²) < 4.78 is 0. The molecule has 2 fully saturated rings. The fraction of sp³-hybridized carbons (Fsp3) is 0.867. The topological polar surface area (TPSA) is 58.4 Å². The predicted molar refractivity (Wildman–Crippen MR) is 85.7 cm³/mol. The van der Waals surface area contributed by atoms with Crippen LogP contribution >= 0.6 is 12.2 Å². The Bertz CT molecular complexity index is 334. The molecule has 114 valence electrons. The Kier molecular flexibility index (Phi) is 6.07. The van der Waals surface area contributed by atoms with Gasteiger partial charge in [-0.3, -0.25) is 0 Å². The summed E-state index contributed by atoms with van der Waals surface area (Å²) in [7, 11) is 0. The number of urea groups is 1. The maximum atomic E-state index is 12.4. The van der Waals surface area contributed by atoms with E-state index in [2.05, 4.69) is 5.32 Å². The quantitative estimate of drug-likeness (QED) is 0.788. The van der Waals surface area contributed by atoms with E-state index in [1.54, 1.807) is 0 Å². The number of nitrogens with one attached hydrogen (secondary N) is 1. The molecule has 1 unspecified atom stereocenters. The number of rotatable bonds is 3. The van der Waals surface area contributed by atoms with Crippen molar-refractivity contribution in [3.8, 4) is 0 Å². The zero-order valence-corrected chi connectivity index (χ0v) is 13.1. The van der Waals surface area contributed by atoms with Crippen molar-refractivity contribution in [2.45, 2.75) is 63.8 Å². The highest BCUT2D eigenvalue weighted by molar-refractivity contribution is 7.80. The van der Waals surface area contributed by atoms with Gasteiger partial charge < -0.3 is 16.0 Å². The van der Waals surface area contributed by atoms with Crippen LogP contribution < -0.4 is 11.1 Å². The van der Waals surface area contributed by atoms with Crippen LogP contribution in [0.3, 0.4) is 0 Å². The van der Waals surface area contributed by atoms with E-state index in [-0.39, 0.29) is 12.1 Å². The summed E-state index contributed by atoms with van der Waals surface area (Å²) in [4.78, 5) is 14.8. The number of amides is 2. The Morgan fingerprint density at radius 2 is 1.60 bits per heavy atom. The largest absolute Gasteiger partial charge is 0.392 e. The molecule has 1 aliphatic carbocycles. The van der Waals surface area contributed by atoms with Crippen molar-refractivity contribution in [3.05, 3.63) is 0 Å². The minimum Gasteiger partial charge on any atom is -0.392 e. The first-order chi connectivity index (χ1) is 9.68. The summed E-state index contributed by atoms with van der Waals surface area (Å²) >= 11 is 5.19. The molecule has 1 heterocycles. The number of likely N-dealkylation sites (tertiary alicyclic amines) is 1. The summed E-state index contributed by atoms with van der Waals surface area (Å²) in [5.74, 6) is 0.428. The lowest BCUT2D eigenvalue weighted by molar-refractivity contribution is 0.192. The molecule has 4 nitrogen and oxygen atoms in total. The van der Waals surface area contributed by atoms with Crippen LogP contribution in [-0.4, -0.2) is 35.1 Å². The van der Waals surface area contributed by atoms with Gasteiger partial charge in [-0.1, -0.05) is 44.3 Å². The van der Waals surface area contributed by atoms with E-state index >= 15 is 0 Å². The molecule has 1 saturated carbocycles. The molecular weight excluding hydrogens is 270 g/mol. The van der Waals surface area contributed by atoms with Gasteiger partial charge in [0.2, 0.25) is 0 Å². The smallest absolute Gasteiger partial charge is 0.317 e. The fourth-order valence-electron chi connectivity index (χ4n) is 3.39. The van der Waals surface area contributed by atoms with Gasteiger partial charge in [-0.15, -0.1) is 0 Å². The Balaban J connectivity index is 1.92. The highest BCUT2D eigenvalue weighted by Gasteiger charge is 2.28. The van der Waals surface area contributed by atoms with Crippen LogP contribution in [0.1, 0.15) is 57.8 Å². The van der Waals surface area contributed by atoms with Crippen molar-refractivity contribution in [1.82, 2.24) is 10.2 Å². The van der Waals surface area contributed by atoms with Gasteiger partial charge in [0.15, 0.2) is 0 Å². The van der Waals surface area contributed by atoms with Crippen molar-refractivity contribution in [3.63, 3.8) is 0 Å². The molecule has 0 aromatic carbocycles. The molecule has 1 saturated heterocycles. The van der Waals surface area contributed by atoms with E-state index in [1.807, 2.05) is 4.90 Å². The molecule has 5 heteroatoms. The molecule has 20 heavy (non-hydrogen) atoms. The third-order valence-electron chi connectivity index (χ3n) is 4.60. The predicted octanol–water partition coefficient (Wildman–Crippen LogP) is 2.81. The molecule has 0 radical (unpaired) electrons. The number of carbonyl (C=O) groups is 1. The second kappa shape index (κ2) is 7.81. The van der Waals surface area contributed by atoms with Crippen molar-refractivity contribution in [2.24, 2.45) is 11.7 Å². The van der Waals surface area contributed by atoms with Crippen molar-refractivity contribution in [2.75, 3.05) is 13.1 Å². The monoisotopic (exact) mass is 297 g/mol. The average molecular weight is 297 g/mol.